The van der Waals surface area contributed by atoms with Crippen molar-refractivity contribution in [1.82, 2.24) is 19.7 Å². The Morgan fingerprint density at radius 3 is 2.65 bits per heavy atom. The Bertz CT molecular complexity index is 970. The number of rotatable bonds is 3. The minimum absolute atomic E-state index is 0.0438. The molecule has 0 saturated carbocycles. The zero-order valence-electron chi connectivity index (χ0n) is 13.8. The summed E-state index contributed by atoms with van der Waals surface area (Å²) in [5.74, 6) is -1.17. The van der Waals surface area contributed by atoms with Crippen LogP contribution in [-0.2, 0) is 7.05 Å². The van der Waals surface area contributed by atoms with E-state index in [2.05, 4.69) is 10.1 Å². The number of benzene rings is 1. The molecule has 0 aliphatic heterocycles. The van der Waals surface area contributed by atoms with Gasteiger partial charge in [0.15, 0.2) is 0 Å². The third-order valence-electron chi connectivity index (χ3n) is 4.07. The molecule has 0 spiro atoms. The molecular formula is C17H14ClF3N4O. The summed E-state index contributed by atoms with van der Waals surface area (Å²) in [5, 5.41) is 4.47. The summed E-state index contributed by atoms with van der Waals surface area (Å²) in [4.78, 5) is 16.6. The van der Waals surface area contributed by atoms with Crippen LogP contribution < -0.4 is 0 Å². The first kappa shape index (κ1) is 18.2. The van der Waals surface area contributed by atoms with Crippen LogP contribution in [0, 0.1) is 0 Å². The molecule has 0 radical (unpaired) electrons. The van der Waals surface area contributed by atoms with Crippen LogP contribution in [0.5, 0.6) is 0 Å². The van der Waals surface area contributed by atoms with E-state index in [0.29, 0.717) is 10.9 Å². The lowest BCUT2D eigenvalue weighted by Crippen LogP contribution is -2.44. The van der Waals surface area contributed by atoms with Crippen molar-refractivity contribution in [2.45, 2.75) is 19.3 Å². The van der Waals surface area contributed by atoms with Crippen LogP contribution in [0.3, 0.4) is 0 Å². The predicted octanol–water partition coefficient (Wildman–Crippen LogP) is 4.34. The second kappa shape index (κ2) is 6.60. The first-order valence-corrected chi connectivity index (χ1v) is 8.00. The third kappa shape index (κ3) is 3.24. The zero-order valence-corrected chi connectivity index (χ0v) is 14.6. The van der Waals surface area contributed by atoms with Gasteiger partial charge in [-0.15, -0.1) is 13.2 Å². The number of alkyl halides is 3. The molecule has 0 fully saturated rings. The van der Waals surface area contributed by atoms with Gasteiger partial charge in [-0.1, -0.05) is 17.7 Å². The van der Waals surface area contributed by atoms with Gasteiger partial charge in [-0.2, -0.15) is 5.10 Å². The summed E-state index contributed by atoms with van der Waals surface area (Å²) in [6.45, 7) is 1.26. The van der Waals surface area contributed by atoms with Crippen LogP contribution in [0.4, 0.5) is 13.2 Å². The molecule has 5 nitrogen and oxygen atoms in total. The quantitative estimate of drug-likeness (QED) is 0.633. The average Bonchev–Trinajstić information content (AvgIpc) is 2.92. The fourth-order valence-electron chi connectivity index (χ4n) is 2.72. The van der Waals surface area contributed by atoms with Crippen molar-refractivity contribution in [1.29, 1.82) is 0 Å². The Labute approximate surface area is 152 Å². The van der Waals surface area contributed by atoms with E-state index < -0.39 is 18.2 Å². The van der Waals surface area contributed by atoms with Crippen LogP contribution in [0.25, 0.3) is 10.9 Å². The first-order valence-electron chi connectivity index (χ1n) is 7.62. The number of carbonyl (C=O) groups excluding carboxylic acids is 1. The maximum atomic E-state index is 13.7. The molecule has 136 valence electrons. The van der Waals surface area contributed by atoms with Gasteiger partial charge in [-0.3, -0.25) is 14.5 Å². The van der Waals surface area contributed by atoms with Gasteiger partial charge in [-0.05, 0) is 31.2 Å². The second-order valence-electron chi connectivity index (χ2n) is 5.74. The number of halogens is 4. The van der Waals surface area contributed by atoms with Crippen LogP contribution >= 0.6 is 11.6 Å². The van der Waals surface area contributed by atoms with Gasteiger partial charge >= 0.3 is 6.30 Å². The van der Waals surface area contributed by atoms with Crippen molar-refractivity contribution in [2.75, 3.05) is 0 Å². The number of amides is 1. The highest BCUT2D eigenvalue weighted by Crippen LogP contribution is 2.36. The minimum Gasteiger partial charge on any atom is -0.269 e. The summed E-state index contributed by atoms with van der Waals surface area (Å²) in [6.07, 6.45) is -2.10. The smallest absolute Gasteiger partial charge is 0.269 e. The summed E-state index contributed by atoms with van der Waals surface area (Å²) in [7, 11) is 1.51. The molecule has 0 unspecified atom stereocenters. The topological polar surface area (TPSA) is 51.0 Å². The van der Waals surface area contributed by atoms with Crippen molar-refractivity contribution in [3.05, 3.63) is 59.0 Å². The molecule has 9 heteroatoms. The van der Waals surface area contributed by atoms with Crippen molar-refractivity contribution in [3.63, 3.8) is 0 Å². The Hall–Kier alpha value is -2.61. The molecule has 0 N–H and O–H groups in total. The Kier molecular flexibility index (Phi) is 4.62. The summed E-state index contributed by atoms with van der Waals surface area (Å²) in [5.41, 5.74) is 0.614. The molecule has 3 aromatic rings. The lowest BCUT2D eigenvalue weighted by atomic mass is 10.1. The van der Waals surface area contributed by atoms with E-state index in [1.807, 2.05) is 0 Å². The van der Waals surface area contributed by atoms with Crippen molar-refractivity contribution in [2.24, 2.45) is 7.05 Å². The number of hydrogen-bond acceptors (Lipinski definition) is 3. The standard InChI is InChI=1S/C17H14ClF3N4O/c1-10(13-9-23-24(2)15(13)18)25(17(19,20)21)16(26)12-5-6-14-11(8-12)4-3-7-22-14/h3-10H,1-2H3/t10-/m1/s1. The van der Waals surface area contributed by atoms with Gasteiger partial charge in [0.1, 0.15) is 5.15 Å². The lowest BCUT2D eigenvalue weighted by molar-refractivity contribution is -0.235. The van der Waals surface area contributed by atoms with Crippen LogP contribution in [-0.4, -0.2) is 31.9 Å². The highest BCUT2D eigenvalue weighted by Gasteiger charge is 2.45. The van der Waals surface area contributed by atoms with Gasteiger partial charge in [0.25, 0.3) is 5.91 Å². The van der Waals surface area contributed by atoms with Crippen molar-refractivity contribution in [3.8, 4) is 0 Å². The predicted molar refractivity (Wildman–Crippen MR) is 90.6 cm³/mol. The zero-order chi connectivity index (χ0) is 19.1. The van der Waals surface area contributed by atoms with Crippen LogP contribution in [0.1, 0.15) is 28.9 Å². The SMILES string of the molecule is C[C@H](c1cnn(C)c1Cl)N(C(=O)c1ccc2ncccc2c1)C(F)(F)F. The first-order chi connectivity index (χ1) is 12.2. The molecule has 3 rings (SSSR count). The minimum atomic E-state index is -4.89. The number of nitrogens with zero attached hydrogens (tertiary/aromatic N) is 4. The molecule has 0 aliphatic rings. The van der Waals surface area contributed by atoms with Crippen LogP contribution in [0.15, 0.2) is 42.7 Å². The molecule has 1 amide bonds. The molecule has 2 heterocycles. The van der Waals surface area contributed by atoms with E-state index in [-0.39, 0.29) is 21.2 Å². The Morgan fingerprint density at radius 2 is 2.04 bits per heavy atom. The number of carbonyl (C=O) groups is 1. The summed E-state index contributed by atoms with van der Waals surface area (Å²) >= 11 is 6.01. The molecule has 26 heavy (non-hydrogen) atoms. The van der Waals surface area contributed by atoms with E-state index in [9.17, 15) is 18.0 Å². The fraction of sp³-hybridized carbons (Fsp3) is 0.235. The van der Waals surface area contributed by atoms with Gasteiger partial charge in [0.2, 0.25) is 0 Å². The monoisotopic (exact) mass is 382 g/mol. The van der Waals surface area contributed by atoms with Crippen molar-refractivity contribution >= 4 is 28.4 Å². The maximum absolute atomic E-state index is 13.7. The Balaban J connectivity index is 2.04. The second-order valence-corrected chi connectivity index (χ2v) is 6.10. The maximum Gasteiger partial charge on any atom is 0.487 e. The summed E-state index contributed by atoms with van der Waals surface area (Å²) in [6, 6.07) is 6.22. The van der Waals surface area contributed by atoms with E-state index in [0.717, 1.165) is 0 Å². The molecular weight excluding hydrogens is 369 g/mol. The highest BCUT2D eigenvalue weighted by molar-refractivity contribution is 6.30. The van der Waals surface area contributed by atoms with Gasteiger partial charge < -0.3 is 0 Å². The normalized spacial score (nSPS) is 13.0. The average molecular weight is 383 g/mol. The lowest BCUT2D eigenvalue weighted by Gasteiger charge is -2.30. The van der Waals surface area contributed by atoms with Gasteiger partial charge in [-0.25, -0.2) is 4.90 Å². The summed E-state index contributed by atoms with van der Waals surface area (Å²) < 4.78 is 42.2. The molecule has 1 atom stereocenters. The number of hydrogen-bond donors (Lipinski definition) is 0. The molecule has 2 aromatic heterocycles. The van der Waals surface area contributed by atoms with Crippen molar-refractivity contribution < 1.29 is 18.0 Å². The van der Waals surface area contributed by atoms with E-state index in [4.69, 9.17) is 11.6 Å². The molecule has 1 aromatic carbocycles. The van der Waals surface area contributed by atoms with E-state index in [1.54, 1.807) is 18.3 Å². The highest BCUT2D eigenvalue weighted by atomic mass is 35.5. The fourth-order valence-corrected chi connectivity index (χ4v) is 2.97. The van der Waals surface area contributed by atoms with Gasteiger partial charge in [0.05, 0.1) is 17.8 Å². The number of pyridine rings is 1. The Morgan fingerprint density at radius 1 is 1.31 bits per heavy atom. The number of aryl methyl sites for hydroxylation is 1. The van der Waals surface area contributed by atoms with E-state index >= 15 is 0 Å². The van der Waals surface area contributed by atoms with E-state index in [1.165, 1.54) is 43.0 Å². The number of fused-ring (bicyclic) bond motifs is 1. The largest absolute Gasteiger partial charge is 0.487 e. The van der Waals surface area contributed by atoms with Crippen LogP contribution in [0.2, 0.25) is 5.15 Å². The molecule has 0 bridgehead atoms. The molecule has 0 saturated heterocycles. The van der Waals surface area contributed by atoms with Gasteiger partial charge in [0, 0.05) is 29.8 Å². The number of aromatic nitrogens is 3. The molecule has 0 aliphatic carbocycles. The third-order valence-corrected chi connectivity index (χ3v) is 4.53.